The van der Waals surface area contributed by atoms with Crippen molar-refractivity contribution in [1.29, 1.82) is 0 Å². The lowest BCUT2D eigenvalue weighted by Gasteiger charge is -2.32. The van der Waals surface area contributed by atoms with Crippen LogP contribution in [-0.4, -0.2) is 37.6 Å². The summed E-state index contributed by atoms with van der Waals surface area (Å²) in [4.78, 5) is 23.9. The number of hydrogen-bond acceptors (Lipinski definition) is 4. The largest absolute Gasteiger partial charge is 0.373 e. The van der Waals surface area contributed by atoms with E-state index in [0.717, 1.165) is 25.0 Å². The number of halogens is 1. The predicted molar refractivity (Wildman–Crippen MR) is 109 cm³/mol. The third-order valence-corrected chi connectivity index (χ3v) is 4.86. The Balaban J connectivity index is 0.00000364. The van der Waals surface area contributed by atoms with E-state index in [9.17, 15) is 9.59 Å². The number of benzene rings is 1. The van der Waals surface area contributed by atoms with Gasteiger partial charge in [-0.2, -0.15) is 0 Å². The molecule has 1 heterocycles. The summed E-state index contributed by atoms with van der Waals surface area (Å²) in [6, 6.07) is 7.74. The number of hydrogen-bond donors (Lipinski definition) is 3. The standard InChI is InChI=1S/C20H31N3O3.ClH/c1-13(2)18(21)20(25)23-12-17(24)22-11-16-5-4-10-26-19(16)15-8-6-14(3)7-9-15;/h6-9,13,16,18-19H,4-5,10-12,21H2,1-3H3,(H,22,24)(H,23,25);1H/t16?,18-,19?;/m0./s1. The molecule has 0 spiro atoms. The van der Waals surface area contributed by atoms with E-state index in [0.29, 0.717) is 6.54 Å². The first-order chi connectivity index (χ1) is 12.4. The number of aryl methyl sites for hydroxylation is 1. The Hall–Kier alpha value is -1.63. The lowest BCUT2D eigenvalue weighted by Crippen LogP contribution is -2.47. The molecule has 0 radical (unpaired) electrons. The summed E-state index contributed by atoms with van der Waals surface area (Å²) in [5, 5.41) is 5.51. The molecule has 1 fully saturated rings. The number of amides is 2. The Bertz CT molecular complexity index is 607. The van der Waals surface area contributed by atoms with Crippen molar-refractivity contribution in [1.82, 2.24) is 10.6 Å². The molecule has 0 saturated carbocycles. The first-order valence-corrected chi connectivity index (χ1v) is 9.36. The average Bonchev–Trinajstić information content (AvgIpc) is 2.64. The Labute approximate surface area is 168 Å². The fraction of sp³-hybridized carbons (Fsp3) is 0.600. The lowest BCUT2D eigenvalue weighted by atomic mass is 9.89. The van der Waals surface area contributed by atoms with E-state index < -0.39 is 6.04 Å². The van der Waals surface area contributed by atoms with E-state index in [1.807, 2.05) is 13.8 Å². The van der Waals surface area contributed by atoms with Crippen LogP contribution in [0.3, 0.4) is 0 Å². The number of carbonyl (C=O) groups is 2. The highest BCUT2D eigenvalue weighted by Gasteiger charge is 2.27. The second-order valence-corrected chi connectivity index (χ2v) is 7.40. The van der Waals surface area contributed by atoms with Crippen LogP contribution in [0, 0.1) is 18.8 Å². The molecule has 1 aliphatic heterocycles. The zero-order valence-corrected chi connectivity index (χ0v) is 17.2. The summed E-state index contributed by atoms with van der Waals surface area (Å²) in [5.74, 6) is -0.243. The molecule has 2 rings (SSSR count). The Kier molecular flexibility index (Phi) is 9.77. The van der Waals surface area contributed by atoms with Crippen molar-refractivity contribution >= 4 is 24.2 Å². The van der Waals surface area contributed by atoms with Crippen molar-refractivity contribution in [3.05, 3.63) is 35.4 Å². The first kappa shape index (κ1) is 23.4. The van der Waals surface area contributed by atoms with Gasteiger partial charge in [0.1, 0.15) is 0 Å². The normalized spacial score (nSPS) is 20.5. The van der Waals surface area contributed by atoms with Crippen LogP contribution in [0.1, 0.15) is 43.9 Å². The third-order valence-electron chi connectivity index (χ3n) is 4.86. The van der Waals surface area contributed by atoms with E-state index in [1.54, 1.807) is 0 Å². The second kappa shape index (κ2) is 11.3. The highest BCUT2D eigenvalue weighted by molar-refractivity contribution is 5.87. The van der Waals surface area contributed by atoms with Crippen LogP contribution in [0.15, 0.2) is 24.3 Å². The quantitative estimate of drug-likeness (QED) is 0.656. The number of carbonyl (C=O) groups excluding carboxylic acids is 2. The van der Waals surface area contributed by atoms with Crippen LogP contribution in [0.2, 0.25) is 0 Å². The number of nitrogens with two attached hydrogens (primary N) is 1. The highest BCUT2D eigenvalue weighted by atomic mass is 35.5. The van der Waals surface area contributed by atoms with E-state index in [4.69, 9.17) is 10.5 Å². The fourth-order valence-electron chi connectivity index (χ4n) is 3.07. The third kappa shape index (κ3) is 7.13. The highest BCUT2D eigenvalue weighted by Crippen LogP contribution is 2.33. The zero-order chi connectivity index (χ0) is 19.1. The molecule has 0 aliphatic carbocycles. The molecule has 1 aliphatic rings. The maximum atomic E-state index is 12.1. The molecule has 7 heteroatoms. The van der Waals surface area contributed by atoms with Gasteiger partial charge in [-0.05, 0) is 31.2 Å². The monoisotopic (exact) mass is 397 g/mol. The first-order valence-electron chi connectivity index (χ1n) is 9.36. The molecular weight excluding hydrogens is 366 g/mol. The Morgan fingerprint density at radius 2 is 1.89 bits per heavy atom. The van der Waals surface area contributed by atoms with Crippen molar-refractivity contribution < 1.29 is 14.3 Å². The van der Waals surface area contributed by atoms with Gasteiger partial charge in [0, 0.05) is 19.1 Å². The van der Waals surface area contributed by atoms with Crippen molar-refractivity contribution in [3.8, 4) is 0 Å². The molecule has 2 amide bonds. The van der Waals surface area contributed by atoms with Crippen LogP contribution < -0.4 is 16.4 Å². The van der Waals surface area contributed by atoms with Gasteiger partial charge < -0.3 is 21.1 Å². The maximum Gasteiger partial charge on any atom is 0.239 e. The van der Waals surface area contributed by atoms with Gasteiger partial charge in [-0.1, -0.05) is 43.7 Å². The molecule has 1 saturated heterocycles. The van der Waals surface area contributed by atoms with E-state index in [-0.39, 0.29) is 48.7 Å². The van der Waals surface area contributed by atoms with Gasteiger partial charge in [-0.25, -0.2) is 0 Å². The summed E-state index contributed by atoms with van der Waals surface area (Å²) in [5.41, 5.74) is 8.13. The smallest absolute Gasteiger partial charge is 0.239 e. The van der Waals surface area contributed by atoms with Crippen molar-refractivity contribution in [3.63, 3.8) is 0 Å². The second-order valence-electron chi connectivity index (χ2n) is 7.40. The van der Waals surface area contributed by atoms with E-state index >= 15 is 0 Å². The van der Waals surface area contributed by atoms with E-state index in [1.165, 1.54) is 5.56 Å². The molecule has 1 aromatic carbocycles. The molecule has 6 nitrogen and oxygen atoms in total. The molecular formula is C20H32ClN3O3. The van der Waals surface area contributed by atoms with Crippen molar-refractivity contribution in [2.24, 2.45) is 17.6 Å². The van der Waals surface area contributed by atoms with Crippen molar-refractivity contribution in [2.75, 3.05) is 19.7 Å². The van der Waals surface area contributed by atoms with Crippen LogP contribution in [0.25, 0.3) is 0 Å². The average molecular weight is 398 g/mol. The summed E-state index contributed by atoms with van der Waals surface area (Å²) < 4.78 is 5.97. The Morgan fingerprint density at radius 1 is 1.22 bits per heavy atom. The van der Waals surface area contributed by atoms with Gasteiger partial charge >= 0.3 is 0 Å². The van der Waals surface area contributed by atoms with Gasteiger partial charge in [-0.3, -0.25) is 9.59 Å². The number of nitrogens with one attached hydrogen (secondary N) is 2. The summed E-state index contributed by atoms with van der Waals surface area (Å²) in [7, 11) is 0. The molecule has 27 heavy (non-hydrogen) atoms. The SMILES string of the molecule is Cc1ccc(C2OCCCC2CNC(=O)CNC(=O)[C@@H](N)C(C)C)cc1.Cl. The topological polar surface area (TPSA) is 93.5 Å². The maximum absolute atomic E-state index is 12.1. The number of ether oxygens (including phenoxy) is 1. The van der Waals surface area contributed by atoms with Gasteiger partial charge in [-0.15, -0.1) is 12.4 Å². The molecule has 0 aromatic heterocycles. The van der Waals surface area contributed by atoms with E-state index in [2.05, 4.69) is 41.8 Å². The van der Waals surface area contributed by atoms with Crippen LogP contribution in [0.5, 0.6) is 0 Å². The summed E-state index contributed by atoms with van der Waals surface area (Å²) in [6.45, 7) is 7.03. The van der Waals surface area contributed by atoms with Crippen molar-refractivity contribution in [2.45, 2.75) is 45.8 Å². The predicted octanol–water partition coefficient (Wildman–Crippen LogP) is 2.10. The molecule has 2 unspecified atom stereocenters. The zero-order valence-electron chi connectivity index (χ0n) is 16.4. The molecule has 4 N–H and O–H groups in total. The lowest BCUT2D eigenvalue weighted by molar-refractivity contribution is -0.127. The van der Waals surface area contributed by atoms with Gasteiger partial charge in [0.2, 0.25) is 11.8 Å². The molecule has 3 atom stereocenters. The van der Waals surface area contributed by atoms with Gasteiger partial charge in [0.15, 0.2) is 0 Å². The van der Waals surface area contributed by atoms with Crippen LogP contribution in [-0.2, 0) is 14.3 Å². The van der Waals surface area contributed by atoms with Crippen LogP contribution >= 0.6 is 12.4 Å². The Morgan fingerprint density at radius 3 is 2.52 bits per heavy atom. The number of rotatable bonds is 7. The minimum absolute atomic E-state index is 0. The van der Waals surface area contributed by atoms with Gasteiger partial charge in [0.25, 0.3) is 0 Å². The fourth-order valence-corrected chi connectivity index (χ4v) is 3.07. The summed E-state index contributed by atoms with van der Waals surface area (Å²) in [6.07, 6.45) is 1.99. The molecule has 1 aromatic rings. The van der Waals surface area contributed by atoms with Crippen LogP contribution in [0.4, 0.5) is 0 Å². The minimum atomic E-state index is -0.597. The minimum Gasteiger partial charge on any atom is -0.373 e. The molecule has 0 bridgehead atoms. The van der Waals surface area contributed by atoms with Gasteiger partial charge in [0.05, 0.1) is 18.7 Å². The molecule has 152 valence electrons. The summed E-state index contributed by atoms with van der Waals surface area (Å²) >= 11 is 0.